The Balaban J connectivity index is 1.76. The summed E-state index contributed by atoms with van der Waals surface area (Å²) >= 11 is 0. The summed E-state index contributed by atoms with van der Waals surface area (Å²) in [5, 5.41) is 6.04. The van der Waals surface area contributed by atoms with Gasteiger partial charge >= 0.3 is 6.18 Å². The van der Waals surface area contributed by atoms with Gasteiger partial charge in [0.2, 0.25) is 0 Å². The third kappa shape index (κ3) is 3.40. The van der Waals surface area contributed by atoms with Gasteiger partial charge < -0.3 is 5.32 Å². The molecule has 24 heavy (non-hydrogen) atoms. The van der Waals surface area contributed by atoms with E-state index in [4.69, 9.17) is 0 Å². The van der Waals surface area contributed by atoms with E-state index in [2.05, 4.69) is 20.4 Å². The lowest BCUT2D eigenvalue weighted by Crippen LogP contribution is -2.13. The van der Waals surface area contributed by atoms with Gasteiger partial charge in [-0.1, -0.05) is 0 Å². The van der Waals surface area contributed by atoms with Gasteiger partial charge in [-0.05, 0) is 30.3 Å². The maximum Gasteiger partial charge on any atom is 0.435 e. The maximum atomic E-state index is 12.5. The van der Waals surface area contributed by atoms with Crippen LogP contribution in [0.5, 0.6) is 0 Å². The molecule has 1 amide bonds. The first-order chi connectivity index (χ1) is 11.4. The van der Waals surface area contributed by atoms with Gasteiger partial charge in [0.15, 0.2) is 11.5 Å². The Morgan fingerprint density at radius 3 is 2.54 bits per heavy atom. The summed E-state index contributed by atoms with van der Waals surface area (Å²) in [6.45, 7) is 0. The highest BCUT2D eigenvalue weighted by atomic mass is 19.4. The van der Waals surface area contributed by atoms with Crippen LogP contribution in [0.2, 0.25) is 0 Å². The molecule has 0 aliphatic rings. The van der Waals surface area contributed by atoms with Crippen molar-refractivity contribution < 1.29 is 18.0 Å². The molecule has 3 aromatic heterocycles. The summed E-state index contributed by atoms with van der Waals surface area (Å²) in [6, 6.07) is 7.06. The molecule has 3 heterocycles. The van der Waals surface area contributed by atoms with Gasteiger partial charge in [0.05, 0.1) is 17.4 Å². The zero-order chi connectivity index (χ0) is 17.2. The number of carbonyl (C=O) groups excluding carboxylic acids is 1. The molecule has 0 spiro atoms. The number of rotatable bonds is 3. The van der Waals surface area contributed by atoms with Crippen molar-refractivity contribution in [2.24, 2.45) is 0 Å². The molecule has 0 unspecified atom stereocenters. The number of nitrogens with one attached hydrogen (secondary N) is 1. The molecule has 9 heteroatoms. The lowest BCUT2D eigenvalue weighted by atomic mass is 10.2. The van der Waals surface area contributed by atoms with Crippen molar-refractivity contribution in [2.45, 2.75) is 6.18 Å². The minimum absolute atomic E-state index is 0.170. The van der Waals surface area contributed by atoms with Crippen molar-refractivity contribution in [3.63, 3.8) is 0 Å². The largest absolute Gasteiger partial charge is 0.435 e. The van der Waals surface area contributed by atoms with Gasteiger partial charge in [0.25, 0.3) is 5.91 Å². The third-order valence-corrected chi connectivity index (χ3v) is 3.04. The maximum absolute atomic E-state index is 12.5. The van der Waals surface area contributed by atoms with E-state index >= 15 is 0 Å². The molecule has 0 radical (unpaired) electrons. The lowest BCUT2D eigenvalue weighted by Gasteiger charge is -2.05. The van der Waals surface area contributed by atoms with Crippen LogP contribution in [0.3, 0.4) is 0 Å². The zero-order valence-corrected chi connectivity index (χ0v) is 12.0. The average molecular weight is 333 g/mol. The summed E-state index contributed by atoms with van der Waals surface area (Å²) < 4.78 is 38.6. The summed E-state index contributed by atoms with van der Waals surface area (Å²) in [7, 11) is 0. The molecule has 0 saturated heterocycles. The van der Waals surface area contributed by atoms with E-state index in [1.165, 1.54) is 24.5 Å². The molecule has 122 valence electrons. The number of hydrogen-bond donors (Lipinski definition) is 1. The van der Waals surface area contributed by atoms with Gasteiger partial charge in [-0.15, -0.1) is 0 Å². The highest BCUT2D eigenvalue weighted by molar-refractivity contribution is 6.03. The molecule has 0 saturated carbocycles. The number of pyridine rings is 2. The minimum atomic E-state index is -4.52. The zero-order valence-electron chi connectivity index (χ0n) is 12.0. The van der Waals surface area contributed by atoms with Crippen LogP contribution in [0, 0.1) is 0 Å². The number of amides is 1. The molecule has 1 N–H and O–H groups in total. The van der Waals surface area contributed by atoms with Gasteiger partial charge in [0, 0.05) is 18.6 Å². The van der Waals surface area contributed by atoms with Gasteiger partial charge in [-0.2, -0.15) is 18.3 Å². The fraction of sp³-hybridized carbons (Fsp3) is 0.0667. The number of nitrogens with zero attached hydrogens (tertiary/aromatic N) is 4. The van der Waals surface area contributed by atoms with Crippen LogP contribution in [0.1, 0.15) is 16.1 Å². The van der Waals surface area contributed by atoms with Crippen LogP contribution in [0.25, 0.3) is 5.82 Å². The number of aromatic nitrogens is 4. The number of halogens is 3. The van der Waals surface area contributed by atoms with Gasteiger partial charge in [-0.25, -0.2) is 9.67 Å². The van der Waals surface area contributed by atoms with E-state index in [1.807, 2.05) is 0 Å². The van der Waals surface area contributed by atoms with Crippen LogP contribution in [0.15, 0.2) is 55.1 Å². The van der Waals surface area contributed by atoms with E-state index in [-0.39, 0.29) is 11.4 Å². The smallest absolute Gasteiger partial charge is 0.321 e. The van der Waals surface area contributed by atoms with E-state index in [0.29, 0.717) is 5.69 Å². The number of anilines is 1. The molecule has 3 aromatic rings. The van der Waals surface area contributed by atoms with Crippen LogP contribution >= 0.6 is 0 Å². The van der Waals surface area contributed by atoms with E-state index in [0.717, 1.165) is 16.9 Å². The van der Waals surface area contributed by atoms with E-state index in [9.17, 15) is 18.0 Å². The van der Waals surface area contributed by atoms with Crippen LogP contribution in [-0.2, 0) is 6.18 Å². The summed E-state index contributed by atoms with van der Waals surface area (Å²) in [5.74, 6) is -0.234. The standard InChI is InChI=1S/C15H10F3N5O/c16-15(17,18)12-5-7-23(22-12)13-4-3-10(8-20-13)14(24)21-11-2-1-6-19-9-11/h1-9H,(H,21,24). The molecular weight excluding hydrogens is 323 g/mol. The fourth-order valence-corrected chi connectivity index (χ4v) is 1.90. The average Bonchev–Trinajstić information content (AvgIpc) is 3.06. The molecule has 0 fully saturated rings. The summed E-state index contributed by atoms with van der Waals surface area (Å²) in [5.41, 5.74) is -0.234. The Bertz CT molecular complexity index is 844. The van der Waals surface area contributed by atoms with Crippen molar-refractivity contribution >= 4 is 11.6 Å². The Morgan fingerprint density at radius 1 is 1.12 bits per heavy atom. The van der Waals surface area contributed by atoms with Crippen LogP contribution in [-0.4, -0.2) is 25.7 Å². The van der Waals surface area contributed by atoms with Crippen molar-refractivity contribution in [3.05, 3.63) is 66.4 Å². The molecule has 0 atom stereocenters. The predicted octanol–water partition coefficient (Wildman–Crippen LogP) is 2.93. The first-order valence-corrected chi connectivity index (χ1v) is 6.74. The summed E-state index contributed by atoms with van der Waals surface area (Å²) in [6.07, 6.45) is 0.957. The Hall–Kier alpha value is -3.23. The van der Waals surface area contributed by atoms with Crippen LogP contribution in [0.4, 0.5) is 18.9 Å². The molecule has 0 bridgehead atoms. The lowest BCUT2D eigenvalue weighted by molar-refractivity contribution is -0.141. The van der Waals surface area contributed by atoms with Crippen molar-refractivity contribution in [3.8, 4) is 5.82 Å². The second-order valence-electron chi connectivity index (χ2n) is 4.74. The molecule has 0 aliphatic heterocycles. The molecule has 0 aromatic carbocycles. The normalized spacial score (nSPS) is 11.3. The second-order valence-corrected chi connectivity index (χ2v) is 4.74. The monoisotopic (exact) mass is 333 g/mol. The van der Waals surface area contributed by atoms with Crippen molar-refractivity contribution in [2.75, 3.05) is 5.32 Å². The summed E-state index contributed by atoms with van der Waals surface area (Å²) in [4.78, 5) is 19.9. The molecular formula is C15H10F3N5O. The minimum Gasteiger partial charge on any atom is -0.321 e. The predicted molar refractivity (Wildman–Crippen MR) is 78.6 cm³/mol. The Kier molecular flexibility index (Phi) is 3.98. The molecule has 3 rings (SSSR count). The van der Waals surface area contributed by atoms with Crippen molar-refractivity contribution in [1.29, 1.82) is 0 Å². The molecule has 0 aliphatic carbocycles. The highest BCUT2D eigenvalue weighted by Gasteiger charge is 2.33. The number of carbonyl (C=O) groups is 1. The first-order valence-electron chi connectivity index (χ1n) is 6.74. The topological polar surface area (TPSA) is 72.7 Å². The number of hydrogen-bond acceptors (Lipinski definition) is 4. The van der Waals surface area contributed by atoms with Gasteiger partial charge in [0.1, 0.15) is 0 Å². The van der Waals surface area contributed by atoms with Crippen LogP contribution < -0.4 is 5.32 Å². The SMILES string of the molecule is O=C(Nc1cccnc1)c1ccc(-n2ccc(C(F)(F)F)n2)nc1. The second kappa shape index (κ2) is 6.11. The van der Waals surface area contributed by atoms with E-state index in [1.54, 1.807) is 18.3 Å². The first kappa shape index (κ1) is 15.7. The van der Waals surface area contributed by atoms with Gasteiger partial charge in [-0.3, -0.25) is 9.78 Å². The quantitative estimate of drug-likeness (QED) is 0.800. The fourth-order valence-electron chi connectivity index (χ4n) is 1.90. The third-order valence-electron chi connectivity index (χ3n) is 3.04. The van der Waals surface area contributed by atoms with Crippen molar-refractivity contribution in [1.82, 2.24) is 19.7 Å². The Morgan fingerprint density at radius 2 is 1.96 bits per heavy atom. The molecule has 6 nitrogen and oxygen atoms in total. The van der Waals surface area contributed by atoms with E-state index < -0.39 is 17.8 Å². The number of alkyl halides is 3. The Labute approximate surface area is 134 Å². The highest BCUT2D eigenvalue weighted by Crippen LogP contribution is 2.27.